The second-order valence-corrected chi connectivity index (χ2v) is 10.2. The predicted octanol–water partition coefficient (Wildman–Crippen LogP) is 5.73. The smallest absolute Gasteiger partial charge is 0.224 e. The molecule has 0 spiro atoms. The van der Waals surface area contributed by atoms with E-state index < -0.39 is 0 Å². The van der Waals surface area contributed by atoms with E-state index in [0.29, 0.717) is 18.4 Å². The van der Waals surface area contributed by atoms with Crippen LogP contribution in [0.2, 0.25) is 0 Å². The molecule has 4 nitrogen and oxygen atoms in total. The highest BCUT2D eigenvalue weighted by molar-refractivity contribution is 7.98. The van der Waals surface area contributed by atoms with Gasteiger partial charge in [-0.05, 0) is 86.3 Å². The lowest BCUT2D eigenvalue weighted by Gasteiger charge is -2.41. The Hall–Kier alpha value is -2.34. The Labute approximate surface area is 202 Å². The SMILES string of the molecule is CSc1cccc(NC(=O)CC[C@H]2CN(Cc3ccc4ccccc4c3)CC[C@H]2N(C)C)c1. The van der Waals surface area contributed by atoms with Gasteiger partial charge in [0.15, 0.2) is 0 Å². The first-order valence-corrected chi connectivity index (χ1v) is 13.0. The molecule has 4 rings (SSSR count). The molecule has 2 atom stereocenters. The monoisotopic (exact) mass is 461 g/mol. The molecular weight excluding hydrogens is 426 g/mol. The van der Waals surface area contributed by atoms with E-state index in [1.165, 1.54) is 16.3 Å². The van der Waals surface area contributed by atoms with Gasteiger partial charge < -0.3 is 10.2 Å². The van der Waals surface area contributed by atoms with Gasteiger partial charge in [-0.1, -0.05) is 42.5 Å². The van der Waals surface area contributed by atoms with Gasteiger partial charge in [-0.25, -0.2) is 0 Å². The summed E-state index contributed by atoms with van der Waals surface area (Å²) in [5.41, 5.74) is 2.25. The van der Waals surface area contributed by atoms with Crippen LogP contribution in [-0.4, -0.2) is 55.2 Å². The van der Waals surface area contributed by atoms with Crippen LogP contribution in [0, 0.1) is 5.92 Å². The topological polar surface area (TPSA) is 35.6 Å². The lowest BCUT2D eigenvalue weighted by molar-refractivity contribution is -0.116. The van der Waals surface area contributed by atoms with Crippen molar-refractivity contribution in [2.45, 2.75) is 36.7 Å². The van der Waals surface area contributed by atoms with Gasteiger partial charge in [0.25, 0.3) is 0 Å². The van der Waals surface area contributed by atoms with Gasteiger partial charge in [-0.3, -0.25) is 9.69 Å². The number of benzene rings is 3. The number of amides is 1. The molecule has 1 aliphatic heterocycles. The first-order chi connectivity index (χ1) is 16.0. The normalized spacial score (nSPS) is 19.2. The third kappa shape index (κ3) is 6.38. The van der Waals surface area contributed by atoms with Crippen LogP contribution in [0.4, 0.5) is 5.69 Å². The summed E-state index contributed by atoms with van der Waals surface area (Å²) in [6.07, 6.45) is 4.66. The average Bonchev–Trinajstić information content (AvgIpc) is 2.82. The van der Waals surface area contributed by atoms with E-state index in [9.17, 15) is 4.79 Å². The summed E-state index contributed by atoms with van der Waals surface area (Å²) in [7, 11) is 4.34. The first kappa shape index (κ1) is 23.8. The van der Waals surface area contributed by atoms with Crippen molar-refractivity contribution in [3.63, 3.8) is 0 Å². The van der Waals surface area contributed by atoms with Crippen LogP contribution in [-0.2, 0) is 11.3 Å². The largest absolute Gasteiger partial charge is 0.326 e. The van der Waals surface area contributed by atoms with E-state index in [2.05, 4.69) is 84.0 Å². The quantitative estimate of drug-likeness (QED) is 0.434. The Kier molecular flexibility index (Phi) is 8.07. The molecule has 1 aliphatic rings. The maximum absolute atomic E-state index is 12.7. The number of carbonyl (C=O) groups is 1. The van der Waals surface area contributed by atoms with Crippen molar-refractivity contribution in [3.05, 3.63) is 72.3 Å². The molecule has 3 aromatic rings. The zero-order valence-corrected chi connectivity index (χ0v) is 20.8. The Morgan fingerprint density at radius 2 is 1.88 bits per heavy atom. The molecule has 3 aromatic carbocycles. The highest BCUT2D eigenvalue weighted by atomic mass is 32.2. The summed E-state index contributed by atoms with van der Waals surface area (Å²) in [6.45, 7) is 3.10. The van der Waals surface area contributed by atoms with Crippen LogP contribution in [0.1, 0.15) is 24.8 Å². The number of hydrogen-bond donors (Lipinski definition) is 1. The number of anilines is 1. The molecule has 0 aliphatic carbocycles. The molecule has 0 aromatic heterocycles. The third-order valence-electron chi connectivity index (χ3n) is 6.76. The van der Waals surface area contributed by atoms with Crippen LogP contribution < -0.4 is 5.32 Å². The van der Waals surface area contributed by atoms with E-state index in [1.807, 2.05) is 18.2 Å². The van der Waals surface area contributed by atoms with Crippen LogP contribution in [0.15, 0.2) is 71.6 Å². The fourth-order valence-electron chi connectivity index (χ4n) is 5.04. The van der Waals surface area contributed by atoms with Crippen molar-refractivity contribution < 1.29 is 4.79 Å². The summed E-state index contributed by atoms with van der Waals surface area (Å²) < 4.78 is 0. The molecule has 1 amide bonds. The van der Waals surface area contributed by atoms with Crippen molar-refractivity contribution in [1.29, 1.82) is 0 Å². The van der Waals surface area contributed by atoms with Gasteiger partial charge in [-0.15, -0.1) is 11.8 Å². The van der Waals surface area contributed by atoms with E-state index in [4.69, 9.17) is 0 Å². The van der Waals surface area contributed by atoms with Gasteiger partial charge in [-0.2, -0.15) is 0 Å². The zero-order chi connectivity index (χ0) is 23.2. The Morgan fingerprint density at radius 3 is 2.67 bits per heavy atom. The summed E-state index contributed by atoms with van der Waals surface area (Å²) in [4.78, 5) is 18.8. The summed E-state index contributed by atoms with van der Waals surface area (Å²) >= 11 is 1.69. The number of likely N-dealkylation sites (tertiary alicyclic amines) is 1. The molecular formula is C28H35N3OS. The summed E-state index contributed by atoms with van der Waals surface area (Å²) in [5.74, 6) is 0.592. The van der Waals surface area contributed by atoms with Crippen molar-refractivity contribution in [2.75, 3.05) is 38.8 Å². The zero-order valence-electron chi connectivity index (χ0n) is 20.0. The van der Waals surface area contributed by atoms with Crippen LogP contribution in [0.3, 0.4) is 0 Å². The minimum absolute atomic E-state index is 0.109. The second kappa shape index (κ2) is 11.2. The van der Waals surface area contributed by atoms with Gasteiger partial charge >= 0.3 is 0 Å². The first-order valence-electron chi connectivity index (χ1n) is 11.8. The third-order valence-corrected chi connectivity index (χ3v) is 7.48. The average molecular weight is 462 g/mol. The Bertz CT molecular complexity index is 1080. The molecule has 0 bridgehead atoms. The maximum Gasteiger partial charge on any atom is 0.224 e. The molecule has 174 valence electrons. The number of rotatable bonds is 8. The van der Waals surface area contributed by atoms with E-state index in [0.717, 1.165) is 43.1 Å². The number of piperidine rings is 1. The minimum Gasteiger partial charge on any atom is -0.326 e. The second-order valence-electron chi connectivity index (χ2n) is 9.32. The lowest BCUT2D eigenvalue weighted by atomic mass is 9.87. The Balaban J connectivity index is 1.36. The molecule has 1 N–H and O–H groups in total. The van der Waals surface area contributed by atoms with E-state index >= 15 is 0 Å². The summed E-state index contributed by atoms with van der Waals surface area (Å²) in [5, 5.41) is 5.68. The van der Waals surface area contributed by atoms with Crippen LogP contribution in [0.5, 0.6) is 0 Å². The minimum atomic E-state index is 0.109. The number of nitrogens with one attached hydrogen (secondary N) is 1. The van der Waals surface area contributed by atoms with Crippen molar-refractivity contribution in [3.8, 4) is 0 Å². The number of carbonyl (C=O) groups excluding carboxylic acids is 1. The lowest BCUT2D eigenvalue weighted by Crippen LogP contribution is -2.48. The number of hydrogen-bond acceptors (Lipinski definition) is 4. The van der Waals surface area contributed by atoms with Gasteiger partial charge in [0.05, 0.1) is 0 Å². The molecule has 5 heteroatoms. The van der Waals surface area contributed by atoms with Gasteiger partial charge in [0.2, 0.25) is 5.91 Å². The molecule has 1 fully saturated rings. The molecule has 33 heavy (non-hydrogen) atoms. The van der Waals surface area contributed by atoms with Gasteiger partial charge in [0, 0.05) is 36.1 Å². The van der Waals surface area contributed by atoms with Crippen molar-refractivity contribution in [1.82, 2.24) is 9.80 Å². The number of fused-ring (bicyclic) bond motifs is 1. The van der Waals surface area contributed by atoms with Gasteiger partial charge in [0.1, 0.15) is 0 Å². The molecule has 0 saturated carbocycles. The fraction of sp³-hybridized carbons (Fsp3) is 0.393. The standard InChI is InChI=1S/C28H35N3OS/c1-30(2)27-15-16-31(19-21-11-12-22-7-4-5-8-23(22)17-21)20-24(27)13-14-28(32)29-25-9-6-10-26(18-25)33-3/h4-12,17-18,24,27H,13-16,19-20H2,1-3H3,(H,29,32)/t24-,27+/m0/s1. The number of nitrogens with zero attached hydrogens (tertiary/aromatic N) is 2. The number of thioether (sulfide) groups is 1. The highest BCUT2D eigenvalue weighted by Crippen LogP contribution is 2.27. The molecule has 1 heterocycles. The fourth-order valence-corrected chi connectivity index (χ4v) is 5.50. The van der Waals surface area contributed by atoms with E-state index in [-0.39, 0.29) is 5.91 Å². The molecule has 0 unspecified atom stereocenters. The molecule has 1 saturated heterocycles. The highest BCUT2D eigenvalue weighted by Gasteiger charge is 2.30. The van der Waals surface area contributed by atoms with E-state index in [1.54, 1.807) is 11.8 Å². The van der Waals surface area contributed by atoms with Crippen LogP contribution in [0.25, 0.3) is 10.8 Å². The molecule has 0 radical (unpaired) electrons. The van der Waals surface area contributed by atoms with Crippen molar-refractivity contribution in [2.24, 2.45) is 5.92 Å². The maximum atomic E-state index is 12.7. The van der Waals surface area contributed by atoms with Crippen molar-refractivity contribution >= 4 is 34.1 Å². The van der Waals surface area contributed by atoms with Crippen LogP contribution >= 0.6 is 11.8 Å². The summed E-state index contributed by atoms with van der Waals surface area (Å²) in [6, 6.07) is 23.9. The Morgan fingerprint density at radius 1 is 1.06 bits per heavy atom. The predicted molar refractivity (Wildman–Crippen MR) is 141 cm³/mol.